The van der Waals surface area contributed by atoms with E-state index in [0.717, 1.165) is 55.4 Å². The molecule has 2 fully saturated rings. The number of nitrogens with one attached hydrogen (secondary N) is 2. The quantitative estimate of drug-likeness (QED) is 0.708. The molecule has 0 unspecified atom stereocenters. The van der Waals surface area contributed by atoms with Gasteiger partial charge in [-0.15, -0.1) is 0 Å². The largest absolute Gasteiger partial charge is 0.376 e. The Morgan fingerprint density at radius 3 is 2.69 bits per heavy atom. The van der Waals surface area contributed by atoms with E-state index in [1.807, 2.05) is 25.1 Å². The Hall–Kier alpha value is -1.96. The topological polar surface area (TPSA) is 66.6 Å². The van der Waals surface area contributed by atoms with Crippen LogP contribution in [0.25, 0.3) is 10.9 Å². The molecule has 2 atom stereocenters. The fourth-order valence-electron chi connectivity index (χ4n) is 4.05. The molecule has 7 heteroatoms. The van der Waals surface area contributed by atoms with Crippen molar-refractivity contribution < 1.29 is 9.47 Å². The Morgan fingerprint density at radius 1 is 1.21 bits per heavy atom. The normalized spacial score (nSPS) is 21.6. The van der Waals surface area contributed by atoms with E-state index in [9.17, 15) is 4.79 Å². The van der Waals surface area contributed by atoms with Crippen LogP contribution in [0.2, 0.25) is 0 Å². The van der Waals surface area contributed by atoms with E-state index >= 15 is 0 Å². The molecular formula is C22H29N3O3S. The molecule has 2 N–H and O–H groups in total. The Balaban J connectivity index is 1.51. The van der Waals surface area contributed by atoms with Crippen LogP contribution in [0.15, 0.2) is 29.1 Å². The van der Waals surface area contributed by atoms with Crippen LogP contribution >= 0.6 is 12.2 Å². The average molecular weight is 416 g/mol. The van der Waals surface area contributed by atoms with E-state index in [4.69, 9.17) is 21.7 Å². The highest BCUT2D eigenvalue weighted by Crippen LogP contribution is 2.17. The molecule has 1 aromatic heterocycles. The summed E-state index contributed by atoms with van der Waals surface area (Å²) < 4.78 is 11.5. The van der Waals surface area contributed by atoms with Gasteiger partial charge in [0, 0.05) is 37.4 Å². The zero-order valence-electron chi connectivity index (χ0n) is 16.9. The van der Waals surface area contributed by atoms with Crippen LogP contribution in [0.1, 0.15) is 36.8 Å². The van der Waals surface area contributed by atoms with Crippen LogP contribution in [0.5, 0.6) is 0 Å². The van der Waals surface area contributed by atoms with Crippen molar-refractivity contribution in [1.29, 1.82) is 0 Å². The standard InChI is InChI=1S/C22H29N3O3S/c1-15-6-7-16-11-17(21(26)24-20(16)10-15)13-25(14-19-5-3-9-28-19)22(29)23-12-18-4-2-8-27-18/h6-7,10-11,18-19H,2-5,8-9,12-14H2,1H3,(H,23,29)(H,24,26)/t18-,19+/m0/s1. The van der Waals surface area contributed by atoms with E-state index in [-0.39, 0.29) is 17.8 Å². The van der Waals surface area contributed by atoms with Crippen molar-refractivity contribution in [1.82, 2.24) is 15.2 Å². The third kappa shape index (κ3) is 5.15. The number of thiocarbonyl (C=S) groups is 1. The van der Waals surface area contributed by atoms with Gasteiger partial charge in [0.25, 0.3) is 5.56 Å². The average Bonchev–Trinajstić information content (AvgIpc) is 3.40. The van der Waals surface area contributed by atoms with Gasteiger partial charge in [0.15, 0.2) is 5.11 Å². The molecule has 0 saturated carbocycles. The minimum atomic E-state index is -0.0673. The first-order valence-corrected chi connectivity index (χ1v) is 10.9. The second-order valence-electron chi connectivity index (χ2n) is 8.05. The molecule has 0 bridgehead atoms. The smallest absolute Gasteiger partial charge is 0.253 e. The Labute approximate surface area is 176 Å². The first-order chi connectivity index (χ1) is 14.1. The molecule has 2 aromatic rings. The predicted molar refractivity (Wildman–Crippen MR) is 118 cm³/mol. The summed E-state index contributed by atoms with van der Waals surface area (Å²) in [7, 11) is 0. The third-order valence-corrected chi connectivity index (χ3v) is 6.08. The number of aromatic amines is 1. The summed E-state index contributed by atoms with van der Waals surface area (Å²) in [4.78, 5) is 17.8. The van der Waals surface area contributed by atoms with Crippen LogP contribution in [-0.4, -0.2) is 53.5 Å². The summed E-state index contributed by atoms with van der Waals surface area (Å²) in [5, 5.41) is 5.03. The summed E-state index contributed by atoms with van der Waals surface area (Å²) in [6.07, 6.45) is 4.63. The van der Waals surface area contributed by atoms with Crippen LogP contribution < -0.4 is 10.9 Å². The molecular weight excluding hydrogens is 386 g/mol. The number of benzene rings is 1. The van der Waals surface area contributed by atoms with E-state index in [2.05, 4.69) is 21.3 Å². The van der Waals surface area contributed by atoms with Crippen molar-refractivity contribution in [2.24, 2.45) is 0 Å². The van der Waals surface area contributed by atoms with Crippen LogP contribution in [0.4, 0.5) is 0 Å². The number of ether oxygens (including phenoxy) is 2. The first-order valence-electron chi connectivity index (χ1n) is 10.5. The highest BCUT2D eigenvalue weighted by Gasteiger charge is 2.23. The molecule has 2 aliphatic rings. The predicted octanol–water partition coefficient (Wildman–Crippen LogP) is 2.87. The van der Waals surface area contributed by atoms with Gasteiger partial charge >= 0.3 is 0 Å². The molecule has 0 amide bonds. The maximum atomic E-state index is 12.7. The van der Waals surface area contributed by atoms with Gasteiger partial charge in [-0.1, -0.05) is 12.1 Å². The van der Waals surface area contributed by atoms with E-state index < -0.39 is 0 Å². The number of fused-ring (bicyclic) bond motifs is 1. The number of H-pyrrole nitrogens is 1. The molecule has 0 aliphatic carbocycles. The van der Waals surface area contributed by atoms with Gasteiger partial charge in [-0.25, -0.2) is 0 Å². The van der Waals surface area contributed by atoms with Gasteiger partial charge in [-0.3, -0.25) is 4.79 Å². The number of pyridine rings is 1. The molecule has 4 rings (SSSR count). The molecule has 6 nitrogen and oxygen atoms in total. The van der Waals surface area contributed by atoms with Gasteiger partial charge in [0.2, 0.25) is 0 Å². The summed E-state index contributed by atoms with van der Waals surface area (Å²) in [5.41, 5.74) is 2.63. The number of aryl methyl sites for hydroxylation is 1. The Bertz CT molecular complexity index is 917. The molecule has 0 radical (unpaired) electrons. The van der Waals surface area contributed by atoms with Crippen molar-refractivity contribution in [2.45, 2.75) is 51.4 Å². The minimum absolute atomic E-state index is 0.0673. The minimum Gasteiger partial charge on any atom is -0.376 e. The zero-order valence-corrected chi connectivity index (χ0v) is 17.7. The number of aromatic nitrogens is 1. The third-order valence-electron chi connectivity index (χ3n) is 5.68. The van der Waals surface area contributed by atoms with Crippen molar-refractivity contribution in [2.75, 3.05) is 26.3 Å². The maximum absolute atomic E-state index is 12.7. The maximum Gasteiger partial charge on any atom is 0.253 e. The molecule has 2 saturated heterocycles. The molecule has 1 aromatic carbocycles. The number of nitrogens with zero attached hydrogens (tertiary/aromatic N) is 1. The van der Waals surface area contributed by atoms with Crippen LogP contribution in [-0.2, 0) is 16.0 Å². The molecule has 3 heterocycles. The number of hydrogen-bond acceptors (Lipinski definition) is 4. The highest BCUT2D eigenvalue weighted by molar-refractivity contribution is 7.80. The monoisotopic (exact) mass is 415 g/mol. The lowest BCUT2D eigenvalue weighted by atomic mass is 10.1. The second kappa shape index (κ2) is 9.24. The summed E-state index contributed by atoms with van der Waals surface area (Å²) >= 11 is 5.69. The highest BCUT2D eigenvalue weighted by atomic mass is 32.1. The molecule has 0 spiro atoms. The van der Waals surface area contributed by atoms with Crippen LogP contribution in [0, 0.1) is 6.92 Å². The van der Waals surface area contributed by atoms with Crippen molar-refractivity contribution in [3.63, 3.8) is 0 Å². The first kappa shape index (κ1) is 20.3. The molecule has 2 aliphatic heterocycles. The van der Waals surface area contributed by atoms with Crippen molar-refractivity contribution in [3.05, 3.63) is 45.7 Å². The van der Waals surface area contributed by atoms with E-state index in [0.29, 0.717) is 30.3 Å². The fourth-order valence-corrected chi connectivity index (χ4v) is 4.28. The second-order valence-corrected chi connectivity index (χ2v) is 8.44. The van der Waals surface area contributed by atoms with E-state index in [1.165, 1.54) is 0 Å². The lowest BCUT2D eigenvalue weighted by molar-refractivity contribution is 0.0885. The molecule has 156 valence electrons. The summed E-state index contributed by atoms with van der Waals surface area (Å²) in [5.74, 6) is 0. The summed E-state index contributed by atoms with van der Waals surface area (Å²) in [6, 6.07) is 8.07. The zero-order chi connectivity index (χ0) is 20.2. The van der Waals surface area contributed by atoms with Gasteiger partial charge < -0.3 is 24.7 Å². The van der Waals surface area contributed by atoms with Crippen molar-refractivity contribution in [3.8, 4) is 0 Å². The Kier molecular flexibility index (Phi) is 6.47. The summed E-state index contributed by atoms with van der Waals surface area (Å²) in [6.45, 7) is 5.48. The number of rotatable bonds is 6. The SMILES string of the molecule is Cc1ccc2cc(CN(C[C@H]3CCCO3)C(=S)NC[C@@H]3CCCO3)c(=O)[nH]c2c1. The van der Waals surface area contributed by atoms with Gasteiger partial charge in [-0.2, -0.15) is 0 Å². The Morgan fingerprint density at radius 2 is 1.97 bits per heavy atom. The fraction of sp³-hybridized carbons (Fsp3) is 0.545. The van der Waals surface area contributed by atoms with Crippen molar-refractivity contribution >= 4 is 28.2 Å². The lowest BCUT2D eigenvalue weighted by Gasteiger charge is -2.28. The van der Waals surface area contributed by atoms with Gasteiger partial charge in [0.1, 0.15) is 0 Å². The number of hydrogen-bond donors (Lipinski definition) is 2. The molecule has 29 heavy (non-hydrogen) atoms. The van der Waals surface area contributed by atoms with Gasteiger partial charge in [-0.05, 0) is 67.9 Å². The van der Waals surface area contributed by atoms with E-state index in [1.54, 1.807) is 0 Å². The van der Waals surface area contributed by atoms with Crippen LogP contribution in [0.3, 0.4) is 0 Å². The van der Waals surface area contributed by atoms with Gasteiger partial charge in [0.05, 0.1) is 18.8 Å². The lowest BCUT2D eigenvalue weighted by Crippen LogP contribution is -2.45.